The summed E-state index contributed by atoms with van der Waals surface area (Å²) in [6.45, 7) is 31.8. The Balaban J connectivity index is 1.50. The van der Waals surface area contributed by atoms with Crippen LogP contribution in [0.25, 0.3) is 72.7 Å². The standard InChI is InChI=1S/C62H69N3O/c1-58(2,3)44-26-24-39(25-27-44)41-30-31-63-52(35-41)43-32-42(33-46(34-43)60(7,8)9)48-22-19-23-54-55(48)64-57(50-37-47(61(10,11)12)38-51(56(50)66)62(13,14)15)65(54)53-29-28-45(59(4,5)6)36-49(53)40-20-17-16-18-21-40/h16-38,66H,1-15H3/i16D,17D,18D,20D,21D,30D,35D. The van der Waals surface area contributed by atoms with Gasteiger partial charge in [0.25, 0.3) is 0 Å². The number of phenols is 1. The molecule has 1 N–H and O–H groups in total. The first-order chi connectivity index (χ1) is 33.7. The predicted octanol–water partition coefficient (Wildman–Crippen LogP) is 16.9. The second kappa shape index (κ2) is 16.6. The third kappa shape index (κ3) is 9.12. The van der Waals surface area contributed by atoms with Crippen molar-refractivity contribution in [1.82, 2.24) is 14.5 Å². The summed E-state index contributed by atoms with van der Waals surface area (Å²) < 4.78 is 65.3. The van der Waals surface area contributed by atoms with Gasteiger partial charge in [0.15, 0.2) is 0 Å². The van der Waals surface area contributed by atoms with Gasteiger partial charge in [-0.3, -0.25) is 9.55 Å². The lowest BCUT2D eigenvalue weighted by atomic mass is 9.79. The number of nitrogens with zero attached hydrogens (tertiary/aromatic N) is 3. The van der Waals surface area contributed by atoms with Crippen molar-refractivity contribution in [3.63, 3.8) is 0 Å². The highest BCUT2D eigenvalue weighted by Gasteiger charge is 2.30. The fourth-order valence-electron chi connectivity index (χ4n) is 8.49. The number of imidazole rings is 1. The van der Waals surface area contributed by atoms with Crippen LogP contribution >= 0.6 is 0 Å². The normalized spacial score (nSPS) is 14.3. The Morgan fingerprint density at radius 3 is 1.70 bits per heavy atom. The summed E-state index contributed by atoms with van der Waals surface area (Å²) in [6.07, 6.45) is 1.53. The molecule has 0 saturated heterocycles. The summed E-state index contributed by atoms with van der Waals surface area (Å²) in [5.41, 5.74) is 9.93. The molecule has 0 saturated carbocycles. The first kappa shape index (κ1) is 37.9. The highest BCUT2D eigenvalue weighted by molar-refractivity contribution is 5.98. The van der Waals surface area contributed by atoms with Crippen LogP contribution in [0.5, 0.6) is 5.75 Å². The van der Waals surface area contributed by atoms with Gasteiger partial charge in [-0.25, -0.2) is 4.98 Å². The smallest absolute Gasteiger partial charge is 0.149 e. The third-order valence-electron chi connectivity index (χ3n) is 12.7. The molecule has 2 aromatic heterocycles. The van der Waals surface area contributed by atoms with Gasteiger partial charge in [-0.15, -0.1) is 0 Å². The molecule has 0 unspecified atom stereocenters. The van der Waals surface area contributed by atoms with E-state index in [2.05, 4.69) is 134 Å². The number of phenolic OH excluding ortho intramolecular Hbond substituents is 1. The molecule has 0 radical (unpaired) electrons. The largest absolute Gasteiger partial charge is 0.507 e. The minimum atomic E-state index is -0.476. The molecule has 4 nitrogen and oxygen atoms in total. The van der Waals surface area contributed by atoms with Crippen molar-refractivity contribution in [2.24, 2.45) is 0 Å². The number of hydrogen-bond acceptors (Lipinski definition) is 3. The maximum atomic E-state index is 12.6. The summed E-state index contributed by atoms with van der Waals surface area (Å²) in [6, 6.07) is 28.6. The third-order valence-corrected chi connectivity index (χ3v) is 12.7. The SMILES string of the molecule is [2H]c1cnc(-c2cc(-c3cccc4c3nc(-c3cc(C(C)(C)C)cc(C(C)(C)C)c3O)n4-c3ccc(C(C)(C)C)cc3-c3c([2H])c([2H])c([2H])c([2H])c3[2H])cc(C(C)(C)C)c2)c([2H])c1-c1ccc(C(C)(C)C)cc1. The molecular formula is C62H69N3O. The lowest BCUT2D eigenvalue weighted by Gasteiger charge is -2.28. The van der Waals surface area contributed by atoms with E-state index in [0.717, 1.165) is 44.5 Å². The van der Waals surface area contributed by atoms with Gasteiger partial charge in [0.2, 0.25) is 0 Å². The van der Waals surface area contributed by atoms with Gasteiger partial charge in [-0.05, 0) is 120 Å². The maximum Gasteiger partial charge on any atom is 0.149 e. The van der Waals surface area contributed by atoms with Crippen LogP contribution in [0.1, 0.15) is 141 Å². The van der Waals surface area contributed by atoms with Crippen molar-refractivity contribution in [2.45, 2.75) is 131 Å². The Kier molecular flexibility index (Phi) is 9.51. The van der Waals surface area contributed by atoms with Crippen LogP contribution in [0.3, 0.4) is 0 Å². The molecule has 0 aliphatic carbocycles. The highest BCUT2D eigenvalue weighted by Crippen LogP contribution is 2.46. The van der Waals surface area contributed by atoms with Gasteiger partial charge in [0.1, 0.15) is 11.6 Å². The number of hydrogen-bond donors (Lipinski definition) is 1. The molecular weight excluding hydrogens is 803 g/mol. The molecule has 66 heavy (non-hydrogen) atoms. The number of pyridine rings is 1. The Morgan fingerprint density at radius 1 is 0.485 bits per heavy atom. The molecule has 6 aromatic carbocycles. The molecule has 338 valence electrons. The molecule has 0 atom stereocenters. The van der Waals surface area contributed by atoms with E-state index in [-0.39, 0.29) is 57.1 Å². The molecule has 0 amide bonds. The topological polar surface area (TPSA) is 50.9 Å². The Bertz CT molecular complexity index is 3470. The van der Waals surface area contributed by atoms with Crippen LogP contribution in [0.2, 0.25) is 0 Å². The van der Waals surface area contributed by atoms with Crippen LogP contribution in [-0.2, 0) is 27.1 Å². The van der Waals surface area contributed by atoms with Gasteiger partial charge in [-0.2, -0.15) is 0 Å². The summed E-state index contributed by atoms with van der Waals surface area (Å²) in [4.78, 5) is 10.3. The fourth-order valence-corrected chi connectivity index (χ4v) is 8.49. The van der Waals surface area contributed by atoms with Crippen molar-refractivity contribution in [3.8, 4) is 67.5 Å². The van der Waals surface area contributed by atoms with Crippen LogP contribution in [-0.4, -0.2) is 19.6 Å². The van der Waals surface area contributed by atoms with Crippen LogP contribution in [0.15, 0.2) is 139 Å². The van der Waals surface area contributed by atoms with E-state index >= 15 is 0 Å². The Labute approximate surface area is 404 Å². The first-order valence-electron chi connectivity index (χ1n) is 26.6. The number of aromatic hydroxyl groups is 1. The second-order valence-corrected chi connectivity index (χ2v) is 23.0. The average Bonchev–Trinajstić information content (AvgIpc) is 3.68. The zero-order valence-electron chi connectivity index (χ0n) is 48.5. The zero-order chi connectivity index (χ0) is 53.8. The average molecular weight is 879 g/mol. The molecule has 4 heteroatoms. The number of benzene rings is 6. The van der Waals surface area contributed by atoms with Crippen molar-refractivity contribution >= 4 is 11.0 Å². The molecule has 0 spiro atoms. The number of rotatable bonds is 6. The van der Waals surface area contributed by atoms with Gasteiger partial charge in [0.05, 0.1) is 37.6 Å². The molecule has 0 bridgehead atoms. The zero-order valence-corrected chi connectivity index (χ0v) is 41.5. The molecule has 0 aliphatic heterocycles. The van der Waals surface area contributed by atoms with Gasteiger partial charge in [-0.1, -0.05) is 189 Å². The monoisotopic (exact) mass is 879 g/mol. The van der Waals surface area contributed by atoms with E-state index in [4.69, 9.17) is 15.5 Å². The highest BCUT2D eigenvalue weighted by atomic mass is 16.3. The van der Waals surface area contributed by atoms with E-state index in [9.17, 15) is 9.22 Å². The quantitative estimate of drug-likeness (QED) is 0.181. The van der Waals surface area contributed by atoms with Crippen molar-refractivity contribution in [3.05, 3.63) is 167 Å². The first-order valence-corrected chi connectivity index (χ1v) is 23.1. The molecule has 8 aromatic rings. The Hall–Kier alpha value is -6.26. The van der Waals surface area contributed by atoms with Crippen molar-refractivity contribution in [1.29, 1.82) is 0 Å². The molecule has 8 rings (SSSR count). The van der Waals surface area contributed by atoms with E-state index < -0.39 is 23.5 Å². The van der Waals surface area contributed by atoms with E-state index in [0.29, 0.717) is 50.5 Å². The van der Waals surface area contributed by atoms with Gasteiger partial charge < -0.3 is 5.11 Å². The van der Waals surface area contributed by atoms with Gasteiger partial charge in [0, 0.05) is 28.5 Å². The van der Waals surface area contributed by atoms with Crippen molar-refractivity contribution < 1.29 is 14.7 Å². The van der Waals surface area contributed by atoms with Gasteiger partial charge >= 0.3 is 0 Å². The lowest BCUT2D eigenvalue weighted by Crippen LogP contribution is -2.17. The fraction of sp³-hybridized carbons (Fsp3) is 0.323. The predicted molar refractivity (Wildman–Crippen MR) is 281 cm³/mol. The second-order valence-electron chi connectivity index (χ2n) is 23.0. The summed E-state index contributed by atoms with van der Waals surface area (Å²) in [7, 11) is 0. The molecule has 0 fully saturated rings. The lowest BCUT2D eigenvalue weighted by molar-refractivity contribution is 0.446. The number of para-hydroxylation sites is 1. The van der Waals surface area contributed by atoms with Crippen molar-refractivity contribution in [2.75, 3.05) is 0 Å². The van der Waals surface area contributed by atoms with E-state index in [1.807, 2.05) is 65.2 Å². The Morgan fingerprint density at radius 2 is 1.08 bits per heavy atom. The summed E-state index contributed by atoms with van der Waals surface area (Å²) >= 11 is 0. The number of fused-ring (bicyclic) bond motifs is 1. The molecule has 0 aliphatic rings. The minimum absolute atomic E-state index is 0.0588. The number of aromatic nitrogens is 3. The maximum absolute atomic E-state index is 12.6. The van der Waals surface area contributed by atoms with E-state index in [1.165, 1.54) is 6.20 Å². The molecule has 2 heterocycles. The van der Waals surface area contributed by atoms with Crippen LogP contribution < -0.4 is 0 Å². The van der Waals surface area contributed by atoms with Crippen LogP contribution in [0, 0.1) is 0 Å². The van der Waals surface area contributed by atoms with Crippen LogP contribution in [0.4, 0.5) is 0 Å². The summed E-state index contributed by atoms with van der Waals surface area (Å²) in [5.74, 6) is 0.478. The minimum Gasteiger partial charge on any atom is -0.507 e. The summed E-state index contributed by atoms with van der Waals surface area (Å²) in [5, 5.41) is 12.6. The van der Waals surface area contributed by atoms with E-state index in [1.54, 1.807) is 0 Å².